The van der Waals surface area contributed by atoms with Crippen LogP contribution in [-0.2, 0) is 6.54 Å². The van der Waals surface area contributed by atoms with Gasteiger partial charge in [-0.15, -0.1) is 0 Å². The van der Waals surface area contributed by atoms with Crippen molar-refractivity contribution >= 4 is 11.6 Å². The number of amides is 1. The fourth-order valence-corrected chi connectivity index (χ4v) is 4.23. The number of nitrogens with zero attached hydrogens (tertiary/aromatic N) is 3. The van der Waals surface area contributed by atoms with Crippen molar-refractivity contribution in [3.8, 4) is 0 Å². The Kier molecular flexibility index (Phi) is 3.97. The number of rotatable bonds is 4. The van der Waals surface area contributed by atoms with Crippen LogP contribution >= 0.6 is 0 Å². The molecular formula is C23H24N4O. The Morgan fingerprint density at radius 2 is 1.75 bits per heavy atom. The third-order valence-corrected chi connectivity index (χ3v) is 5.79. The molecule has 1 saturated carbocycles. The molecule has 3 aromatic rings. The monoisotopic (exact) mass is 372 g/mol. The topological polar surface area (TPSA) is 50.2 Å². The molecular weight excluding hydrogens is 348 g/mol. The van der Waals surface area contributed by atoms with Crippen molar-refractivity contribution in [1.29, 1.82) is 0 Å². The lowest BCUT2D eigenvalue weighted by molar-refractivity contribution is 0.0665. The average Bonchev–Trinajstić information content (AvgIpc) is 3.49. The third kappa shape index (κ3) is 2.78. The summed E-state index contributed by atoms with van der Waals surface area (Å²) in [5.74, 6) is 0.122. The Morgan fingerprint density at radius 3 is 2.50 bits per heavy atom. The van der Waals surface area contributed by atoms with Crippen molar-refractivity contribution < 1.29 is 4.79 Å². The third-order valence-electron chi connectivity index (χ3n) is 5.79. The first-order valence-corrected chi connectivity index (χ1v) is 9.89. The van der Waals surface area contributed by atoms with E-state index in [1.54, 1.807) is 0 Å². The summed E-state index contributed by atoms with van der Waals surface area (Å²) in [5.41, 5.74) is 6.09. The van der Waals surface area contributed by atoms with Crippen molar-refractivity contribution in [2.24, 2.45) is 0 Å². The second-order valence-corrected chi connectivity index (χ2v) is 7.76. The highest BCUT2D eigenvalue weighted by Crippen LogP contribution is 2.42. The number of benzene rings is 2. The van der Waals surface area contributed by atoms with Gasteiger partial charge < -0.3 is 10.2 Å². The minimum absolute atomic E-state index is 0.122. The van der Waals surface area contributed by atoms with Gasteiger partial charge in [0.2, 0.25) is 0 Å². The lowest BCUT2D eigenvalue weighted by atomic mass is 10.0. The van der Waals surface area contributed by atoms with E-state index in [2.05, 4.69) is 41.2 Å². The Labute approximate surface area is 165 Å². The van der Waals surface area contributed by atoms with Crippen LogP contribution in [0.3, 0.4) is 0 Å². The van der Waals surface area contributed by atoms with Crippen molar-refractivity contribution in [3.05, 3.63) is 82.7 Å². The van der Waals surface area contributed by atoms with Crippen molar-refractivity contribution in [2.45, 2.75) is 45.4 Å². The van der Waals surface area contributed by atoms with Crippen LogP contribution < -0.4 is 5.32 Å². The van der Waals surface area contributed by atoms with E-state index in [0.29, 0.717) is 6.04 Å². The SMILES string of the molecule is Cc1nn(Cc2ccccc2)c(C)c1C1Nc2ccccc2C(=O)N1C1CC1. The minimum Gasteiger partial charge on any atom is -0.361 e. The number of carbonyl (C=O) groups excluding carboxylic acids is 1. The molecule has 142 valence electrons. The van der Waals surface area contributed by atoms with Crippen molar-refractivity contribution in [2.75, 3.05) is 5.32 Å². The Morgan fingerprint density at radius 1 is 1.04 bits per heavy atom. The van der Waals surface area contributed by atoms with Crippen LogP contribution in [0.25, 0.3) is 0 Å². The van der Waals surface area contributed by atoms with Gasteiger partial charge in [0, 0.05) is 23.0 Å². The molecule has 0 spiro atoms. The molecule has 1 atom stereocenters. The molecule has 1 aliphatic carbocycles. The summed E-state index contributed by atoms with van der Waals surface area (Å²) in [4.78, 5) is 15.3. The Hall–Kier alpha value is -3.08. The fourth-order valence-electron chi connectivity index (χ4n) is 4.23. The number of nitrogens with one attached hydrogen (secondary N) is 1. The zero-order chi connectivity index (χ0) is 19.3. The van der Waals surface area contributed by atoms with Crippen molar-refractivity contribution in [3.63, 3.8) is 0 Å². The van der Waals surface area contributed by atoms with Gasteiger partial charge in [0.1, 0.15) is 6.17 Å². The maximum absolute atomic E-state index is 13.3. The van der Waals surface area contributed by atoms with Crippen LogP contribution in [0.1, 0.15) is 51.9 Å². The molecule has 2 aliphatic rings. The van der Waals surface area contributed by atoms with E-state index < -0.39 is 0 Å². The lowest BCUT2D eigenvalue weighted by Crippen LogP contribution is -2.44. The number of anilines is 1. The smallest absolute Gasteiger partial charge is 0.258 e. The molecule has 5 rings (SSSR count). The summed E-state index contributed by atoms with van der Waals surface area (Å²) in [5, 5.41) is 8.44. The van der Waals surface area contributed by atoms with E-state index in [-0.39, 0.29) is 12.1 Å². The standard InChI is InChI=1S/C23H24N4O/c1-15-21(16(2)26(25-15)14-17-8-4-3-5-9-17)22-24-20-11-7-6-10-19(20)23(28)27(22)18-12-13-18/h3-11,18,22,24H,12-14H2,1-2H3. The normalized spacial score (nSPS) is 18.7. The van der Waals surface area contributed by atoms with Gasteiger partial charge in [-0.3, -0.25) is 9.48 Å². The highest BCUT2D eigenvalue weighted by Gasteiger charge is 2.43. The number of carbonyl (C=O) groups is 1. The molecule has 28 heavy (non-hydrogen) atoms. The van der Waals surface area contributed by atoms with Crippen LogP contribution in [0.5, 0.6) is 0 Å². The molecule has 1 amide bonds. The molecule has 5 heteroatoms. The Bertz CT molecular complexity index is 1040. The first-order chi connectivity index (χ1) is 13.6. The molecule has 2 aromatic carbocycles. The van der Waals surface area contributed by atoms with Gasteiger partial charge in [0.25, 0.3) is 5.91 Å². The van der Waals surface area contributed by atoms with Crippen LogP contribution in [0.4, 0.5) is 5.69 Å². The molecule has 0 bridgehead atoms. The van der Waals surface area contributed by atoms with Crippen LogP contribution in [0, 0.1) is 13.8 Å². The summed E-state index contributed by atoms with van der Waals surface area (Å²) in [7, 11) is 0. The summed E-state index contributed by atoms with van der Waals surface area (Å²) in [6.07, 6.45) is 1.98. The minimum atomic E-state index is -0.167. The zero-order valence-corrected chi connectivity index (χ0v) is 16.2. The van der Waals surface area contributed by atoms with Gasteiger partial charge in [-0.05, 0) is 44.4 Å². The number of hydrogen-bond acceptors (Lipinski definition) is 3. The quantitative estimate of drug-likeness (QED) is 0.744. The van der Waals surface area contributed by atoms with Crippen molar-refractivity contribution in [1.82, 2.24) is 14.7 Å². The second kappa shape index (κ2) is 6.51. The maximum Gasteiger partial charge on any atom is 0.258 e. The van der Waals surface area contributed by atoms with Gasteiger partial charge in [-0.2, -0.15) is 5.10 Å². The first-order valence-electron chi connectivity index (χ1n) is 9.89. The Balaban J connectivity index is 1.55. The number of aryl methyl sites for hydroxylation is 1. The molecule has 1 fully saturated rings. The molecule has 1 aliphatic heterocycles. The van der Waals surface area contributed by atoms with Crippen LogP contribution in [0.15, 0.2) is 54.6 Å². The summed E-state index contributed by atoms with van der Waals surface area (Å²) < 4.78 is 2.05. The number of aromatic nitrogens is 2. The average molecular weight is 372 g/mol. The molecule has 2 heterocycles. The number of fused-ring (bicyclic) bond motifs is 1. The predicted octanol–water partition coefficient (Wildman–Crippen LogP) is 4.28. The highest BCUT2D eigenvalue weighted by atomic mass is 16.2. The van der Waals surface area contributed by atoms with E-state index >= 15 is 0 Å². The van der Waals surface area contributed by atoms with Gasteiger partial charge in [0.15, 0.2) is 0 Å². The van der Waals surface area contributed by atoms with E-state index in [9.17, 15) is 4.79 Å². The van der Waals surface area contributed by atoms with Crippen LogP contribution in [0.2, 0.25) is 0 Å². The summed E-state index contributed by atoms with van der Waals surface area (Å²) >= 11 is 0. The second-order valence-electron chi connectivity index (χ2n) is 7.76. The molecule has 0 radical (unpaired) electrons. The molecule has 0 saturated heterocycles. The molecule has 1 N–H and O–H groups in total. The van der Waals surface area contributed by atoms with Gasteiger partial charge >= 0.3 is 0 Å². The first kappa shape index (κ1) is 17.0. The summed E-state index contributed by atoms with van der Waals surface area (Å²) in [6, 6.07) is 18.5. The number of para-hydroxylation sites is 1. The molecule has 5 nitrogen and oxygen atoms in total. The van der Waals surface area contributed by atoms with Gasteiger partial charge in [0.05, 0.1) is 17.8 Å². The largest absolute Gasteiger partial charge is 0.361 e. The van der Waals surface area contributed by atoms with Gasteiger partial charge in [-0.25, -0.2) is 0 Å². The van der Waals surface area contributed by atoms with E-state index in [0.717, 1.165) is 47.6 Å². The maximum atomic E-state index is 13.3. The van der Waals surface area contributed by atoms with Gasteiger partial charge in [-0.1, -0.05) is 42.5 Å². The summed E-state index contributed by atoms with van der Waals surface area (Å²) in [6.45, 7) is 4.88. The number of hydrogen-bond donors (Lipinski definition) is 1. The van der Waals surface area contributed by atoms with E-state index in [4.69, 9.17) is 5.10 Å². The van der Waals surface area contributed by atoms with E-state index in [1.165, 1.54) is 5.56 Å². The molecule has 1 aromatic heterocycles. The molecule has 1 unspecified atom stereocenters. The zero-order valence-electron chi connectivity index (χ0n) is 16.2. The fraction of sp³-hybridized carbons (Fsp3) is 0.304. The predicted molar refractivity (Wildman–Crippen MR) is 109 cm³/mol. The van der Waals surface area contributed by atoms with E-state index in [1.807, 2.05) is 42.2 Å². The highest BCUT2D eigenvalue weighted by molar-refractivity contribution is 6.02. The lowest BCUT2D eigenvalue weighted by Gasteiger charge is -2.38. The van der Waals surface area contributed by atoms with Crippen LogP contribution in [-0.4, -0.2) is 26.6 Å².